The second-order valence-corrected chi connectivity index (χ2v) is 3.95. The van der Waals surface area contributed by atoms with Crippen LogP contribution in [0.5, 0.6) is 0 Å². The average molecular weight is 240 g/mol. The second kappa shape index (κ2) is 5.37. The summed E-state index contributed by atoms with van der Waals surface area (Å²) in [4.78, 5) is 16.0. The van der Waals surface area contributed by atoms with Crippen LogP contribution in [0.15, 0.2) is 30.5 Å². The van der Waals surface area contributed by atoms with Crippen molar-refractivity contribution >= 4 is 16.8 Å². The number of aromatic nitrogens is 1. The van der Waals surface area contributed by atoms with Crippen molar-refractivity contribution in [3.8, 4) is 6.19 Å². The number of benzene rings is 1. The van der Waals surface area contributed by atoms with Gasteiger partial charge in [0.25, 0.3) is 0 Å². The Morgan fingerprint density at radius 2 is 2.28 bits per heavy atom. The number of carbonyl (C=O) groups is 1. The number of nitriles is 1. The van der Waals surface area contributed by atoms with Crippen molar-refractivity contribution in [2.24, 2.45) is 0 Å². The fourth-order valence-electron chi connectivity index (χ4n) is 1.88. The summed E-state index contributed by atoms with van der Waals surface area (Å²) >= 11 is 0. The van der Waals surface area contributed by atoms with Crippen LogP contribution in [-0.4, -0.2) is 22.3 Å². The number of para-hydroxylation sites is 1. The predicted octanol–water partition coefficient (Wildman–Crippen LogP) is 2.24. The molecule has 18 heavy (non-hydrogen) atoms. The van der Waals surface area contributed by atoms with Crippen LogP contribution in [0.1, 0.15) is 12.5 Å². The molecule has 91 valence electrons. The number of hydrogen-bond donors (Lipinski definition) is 1. The van der Waals surface area contributed by atoms with Crippen molar-refractivity contribution in [2.45, 2.75) is 13.3 Å². The van der Waals surface area contributed by atoms with E-state index in [-0.39, 0.29) is 5.91 Å². The predicted molar refractivity (Wildman–Crippen MR) is 69.3 cm³/mol. The second-order valence-electron chi connectivity index (χ2n) is 3.95. The smallest absolute Gasteiger partial charge is 0.239 e. The number of H-pyrrole nitrogens is 1. The molecule has 1 heterocycles. The Balaban J connectivity index is 2.07. The van der Waals surface area contributed by atoms with E-state index in [2.05, 4.69) is 4.98 Å². The van der Waals surface area contributed by atoms with Crippen LogP contribution in [0.4, 0.5) is 0 Å². The number of nitrogens with zero attached hydrogens (tertiary/aromatic N) is 2. The molecule has 0 saturated heterocycles. The highest BCUT2D eigenvalue weighted by molar-refractivity contribution is 5.88. The molecule has 2 rings (SSSR count). The molecule has 0 saturated carbocycles. The zero-order valence-corrected chi connectivity index (χ0v) is 10.2. The molecule has 1 radical (unpaired) electrons. The fourth-order valence-corrected chi connectivity index (χ4v) is 1.88. The fraction of sp³-hybridized carbons (Fsp3) is 0.214. The third-order valence-electron chi connectivity index (χ3n) is 2.87. The van der Waals surface area contributed by atoms with Gasteiger partial charge in [-0.1, -0.05) is 18.2 Å². The third-order valence-corrected chi connectivity index (χ3v) is 2.87. The highest BCUT2D eigenvalue weighted by Crippen LogP contribution is 2.18. The largest absolute Gasteiger partial charge is 0.361 e. The molecule has 1 aromatic carbocycles. The molecule has 2 aromatic rings. The van der Waals surface area contributed by atoms with Gasteiger partial charge >= 0.3 is 0 Å². The van der Waals surface area contributed by atoms with E-state index in [4.69, 9.17) is 5.26 Å². The quantitative estimate of drug-likeness (QED) is 0.658. The first-order chi connectivity index (χ1) is 8.76. The zero-order valence-electron chi connectivity index (χ0n) is 10.2. The van der Waals surface area contributed by atoms with Gasteiger partial charge in [0.2, 0.25) is 5.91 Å². The summed E-state index contributed by atoms with van der Waals surface area (Å²) in [5, 5.41) is 9.87. The Morgan fingerprint density at radius 3 is 3.00 bits per heavy atom. The van der Waals surface area contributed by atoms with E-state index in [1.165, 1.54) is 0 Å². The van der Waals surface area contributed by atoms with Gasteiger partial charge in [-0.2, -0.15) is 5.26 Å². The number of carbonyl (C=O) groups excluding carboxylic acids is 1. The van der Waals surface area contributed by atoms with Crippen molar-refractivity contribution in [3.63, 3.8) is 0 Å². The molecule has 0 bridgehead atoms. The minimum atomic E-state index is -0.245. The molecule has 0 fully saturated rings. The summed E-state index contributed by atoms with van der Waals surface area (Å²) < 4.78 is 0. The molecular formula is C14H14N3O. The van der Waals surface area contributed by atoms with Gasteiger partial charge in [0.05, 0.1) is 6.42 Å². The summed E-state index contributed by atoms with van der Waals surface area (Å²) in [6, 6.07) is 7.94. The van der Waals surface area contributed by atoms with E-state index in [0.717, 1.165) is 21.4 Å². The first-order valence-electron chi connectivity index (χ1n) is 5.85. The SMILES string of the molecule is CCN(C#N)C(=O)[CH]Cc1c[nH]c2ccccc12. The van der Waals surface area contributed by atoms with E-state index in [0.29, 0.717) is 13.0 Å². The Bertz CT molecular complexity index is 594. The number of nitrogens with one attached hydrogen (secondary N) is 1. The minimum Gasteiger partial charge on any atom is -0.361 e. The maximum Gasteiger partial charge on any atom is 0.239 e. The molecule has 0 aliphatic heterocycles. The molecule has 0 spiro atoms. The van der Waals surface area contributed by atoms with Crippen LogP contribution in [0.3, 0.4) is 0 Å². The Morgan fingerprint density at radius 1 is 1.50 bits per heavy atom. The molecule has 1 N–H and O–H groups in total. The molecule has 0 aliphatic rings. The van der Waals surface area contributed by atoms with E-state index < -0.39 is 0 Å². The van der Waals surface area contributed by atoms with Crippen molar-refractivity contribution < 1.29 is 4.79 Å². The molecule has 4 heteroatoms. The Kier molecular flexibility index (Phi) is 3.63. The summed E-state index contributed by atoms with van der Waals surface area (Å²) in [5.74, 6) is -0.245. The molecule has 1 aromatic heterocycles. The number of rotatable bonds is 4. The van der Waals surface area contributed by atoms with E-state index in [1.807, 2.05) is 36.7 Å². The number of amides is 1. The van der Waals surface area contributed by atoms with Crippen LogP contribution < -0.4 is 0 Å². The van der Waals surface area contributed by atoms with Gasteiger partial charge in [-0.25, -0.2) is 4.90 Å². The van der Waals surface area contributed by atoms with Crippen molar-refractivity contribution in [1.82, 2.24) is 9.88 Å². The maximum atomic E-state index is 11.7. The Labute approximate surface area is 106 Å². The van der Waals surface area contributed by atoms with E-state index in [1.54, 1.807) is 13.3 Å². The van der Waals surface area contributed by atoms with Gasteiger partial charge in [-0.3, -0.25) is 4.79 Å². The molecule has 0 aliphatic carbocycles. The maximum absolute atomic E-state index is 11.7. The highest BCUT2D eigenvalue weighted by atomic mass is 16.2. The minimum absolute atomic E-state index is 0.245. The van der Waals surface area contributed by atoms with Gasteiger partial charge in [0.1, 0.15) is 0 Å². The lowest BCUT2D eigenvalue weighted by molar-refractivity contribution is -0.124. The lowest BCUT2D eigenvalue weighted by Gasteiger charge is -2.09. The van der Waals surface area contributed by atoms with Crippen LogP contribution in [0.2, 0.25) is 0 Å². The highest BCUT2D eigenvalue weighted by Gasteiger charge is 2.12. The Hall–Kier alpha value is -2.28. The van der Waals surface area contributed by atoms with Gasteiger partial charge < -0.3 is 4.98 Å². The van der Waals surface area contributed by atoms with E-state index >= 15 is 0 Å². The van der Waals surface area contributed by atoms with Crippen molar-refractivity contribution in [1.29, 1.82) is 5.26 Å². The van der Waals surface area contributed by atoms with Crippen molar-refractivity contribution in [2.75, 3.05) is 6.54 Å². The number of fused-ring (bicyclic) bond motifs is 1. The third kappa shape index (κ3) is 2.35. The van der Waals surface area contributed by atoms with Crippen LogP contribution in [-0.2, 0) is 11.2 Å². The lowest BCUT2D eigenvalue weighted by Crippen LogP contribution is -2.26. The molecule has 0 unspecified atom stereocenters. The normalized spacial score (nSPS) is 10.2. The summed E-state index contributed by atoms with van der Waals surface area (Å²) in [6.45, 7) is 2.18. The summed E-state index contributed by atoms with van der Waals surface area (Å²) in [5.41, 5.74) is 2.12. The standard InChI is InChI=1S/C14H14N3O/c1-2-17(10-15)14(18)8-7-11-9-16-13-6-4-3-5-12(11)13/h3-6,8-9,16H,2,7H2,1H3. The van der Waals surface area contributed by atoms with Crippen LogP contribution in [0, 0.1) is 17.9 Å². The van der Waals surface area contributed by atoms with E-state index in [9.17, 15) is 4.79 Å². The molecule has 4 nitrogen and oxygen atoms in total. The van der Waals surface area contributed by atoms with Gasteiger partial charge in [0.15, 0.2) is 6.19 Å². The summed E-state index contributed by atoms with van der Waals surface area (Å²) in [7, 11) is 0. The van der Waals surface area contributed by atoms with Gasteiger partial charge in [0, 0.05) is 23.6 Å². The van der Waals surface area contributed by atoms with Gasteiger partial charge in [-0.05, 0) is 25.0 Å². The van der Waals surface area contributed by atoms with Crippen LogP contribution >= 0.6 is 0 Å². The molecule has 0 atom stereocenters. The molecular weight excluding hydrogens is 226 g/mol. The monoisotopic (exact) mass is 240 g/mol. The zero-order chi connectivity index (χ0) is 13.0. The van der Waals surface area contributed by atoms with Crippen molar-refractivity contribution in [3.05, 3.63) is 42.4 Å². The lowest BCUT2D eigenvalue weighted by atomic mass is 10.1. The first kappa shape index (κ1) is 12.2. The first-order valence-corrected chi connectivity index (χ1v) is 5.85. The number of aromatic amines is 1. The summed E-state index contributed by atoms with van der Waals surface area (Å²) in [6.07, 6.45) is 5.84. The number of hydrogen-bond acceptors (Lipinski definition) is 2. The average Bonchev–Trinajstić information content (AvgIpc) is 2.81. The topological polar surface area (TPSA) is 59.9 Å². The van der Waals surface area contributed by atoms with Crippen LogP contribution in [0.25, 0.3) is 10.9 Å². The van der Waals surface area contributed by atoms with Gasteiger partial charge in [-0.15, -0.1) is 0 Å². The molecule has 1 amide bonds.